The molecule has 0 bridgehead atoms. The fourth-order valence-corrected chi connectivity index (χ4v) is 2.27. The predicted molar refractivity (Wildman–Crippen MR) is 65.5 cm³/mol. The fourth-order valence-electron chi connectivity index (χ4n) is 1.46. The van der Waals surface area contributed by atoms with Crippen molar-refractivity contribution in [3.05, 3.63) is 40.1 Å². The molecular formula is C12H12N2O2S. The number of thiophene rings is 1. The first kappa shape index (κ1) is 11.7. The second kappa shape index (κ2) is 4.63. The van der Waals surface area contributed by atoms with E-state index < -0.39 is 0 Å². The van der Waals surface area contributed by atoms with E-state index in [9.17, 15) is 9.59 Å². The highest BCUT2D eigenvalue weighted by molar-refractivity contribution is 7.14. The van der Waals surface area contributed by atoms with Gasteiger partial charge in [-0.2, -0.15) is 0 Å². The van der Waals surface area contributed by atoms with Crippen LogP contribution < -0.4 is 0 Å². The summed E-state index contributed by atoms with van der Waals surface area (Å²) in [6, 6.07) is 3.64. The molecule has 17 heavy (non-hydrogen) atoms. The summed E-state index contributed by atoms with van der Waals surface area (Å²) in [6.45, 7) is 1.93. The van der Waals surface area contributed by atoms with Crippen LogP contribution in [0.15, 0.2) is 24.7 Å². The van der Waals surface area contributed by atoms with Gasteiger partial charge in [-0.05, 0) is 19.1 Å². The van der Waals surface area contributed by atoms with Gasteiger partial charge in [-0.15, -0.1) is 11.3 Å². The number of carbonyl (C=O) groups is 2. The van der Waals surface area contributed by atoms with Crippen molar-refractivity contribution in [3.8, 4) is 0 Å². The average molecular weight is 248 g/mol. The smallest absolute Gasteiger partial charge is 0.190 e. The van der Waals surface area contributed by atoms with Crippen LogP contribution in [-0.2, 0) is 7.05 Å². The Bertz CT molecular complexity index is 518. The van der Waals surface area contributed by atoms with Crippen molar-refractivity contribution < 1.29 is 9.59 Å². The van der Waals surface area contributed by atoms with Crippen LogP contribution in [0.4, 0.5) is 0 Å². The minimum absolute atomic E-state index is 0.114. The Morgan fingerprint density at radius 3 is 2.65 bits per heavy atom. The summed E-state index contributed by atoms with van der Waals surface area (Å²) in [7, 11) is 1.79. The SMILES string of the molecule is Cc1ccc(C(=O)CC(=O)c2cn(C)cn2)s1. The van der Waals surface area contributed by atoms with Gasteiger partial charge in [0.1, 0.15) is 5.69 Å². The number of imidazole rings is 1. The summed E-state index contributed by atoms with van der Waals surface area (Å²) < 4.78 is 1.69. The molecule has 0 atom stereocenters. The van der Waals surface area contributed by atoms with Crippen molar-refractivity contribution in [2.24, 2.45) is 7.05 Å². The summed E-state index contributed by atoms with van der Waals surface area (Å²) >= 11 is 1.41. The van der Waals surface area contributed by atoms with Gasteiger partial charge in [-0.25, -0.2) is 4.98 Å². The fraction of sp³-hybridized carbons (Fsp3) is 0.250. The van der Waals surface area contributed by atoms with Crippen molar-refractivity contribution in [1.82, 2.24) is 9.55 Å². The van der Waals surface area contributed by atoms with Crippen LogP contribution in [0.3, 0.4) is 0 Å². The molecule has 0 radical (unpaired) electrons. The van der Waals surface area contributed by atoms with E-state index in [0.717, 1.165) is 4.88 Å². The van der Waals surface area contributed by atoms with E-state index in [1.165, 1.54) is 11.3 Å². The summed E-state index contributed by atoms with van der Waals surface area (Å²) in [6.07, 6.45) is 3.05. The molecule has 2 aromatic rings. The number of ketones is 2. The minimum atomic E-state index is -0.235. The number of hydrogen-bond donors (Lipinski definition) is 0. The number of carbonyl (C=O) groups excluding carboxylic acids is 2. The molecule has 0 amide bonds. The Kier molecular flexibility index (Phi) is 3.19. The molecular weight excluding hydrogens is 236 g/mol. The second-order valence-corrected chi connectivity index (χ2v) is 5.15. The molecule has 4 nitrogen and oxygen atoms in total. The largest absolute Gasteiger partial charge is 0.340 e. The molecule has 2 aromatic heterocycles. The van der Waals surface area contributed by atoms with E-state index in [1.807, 2.05) is 13.0 Å². The van der Waals surface area contributed by atoms with E-state index in [4.69, 9.17) is 0 Å². The first-order valence-electron chi connectivity index (χ1n) is 5.17. The van der Waals surface area contributed by atoms with Crippen LogP contribution in [0.2, 0.25) is 0 Å². The molecule has 0 aliphatic heterocycles. The monoisotopic (exact) mass is 248 g/mol. The molecule has 0 aromatic carbocycles. The van der Waals surface area contributed by atoms with Crippen LogP contribution in [0.25, 0.3) is 0 Å². The molecule has 0 saturated carbocycles. The van der Waals surface area contributed by atoms with E-state index in [2.05, 4.69) is 4.98 Å². The number of Topliss-reactive ketones (excluding diaryl/α,β-unsaturated/α-hetero) is 2. The van der Waals surface area contributed by atoms with Crippen LogP contribution in [-0.4, -0.2) is 21.1 Å². The minimum Gasteiger partial charge on any atom is -0.340 e. The van der Waals surface area contributed by atoms with E-state index >= 15 is 0 Å². The van der Waals surface area contributed by atoms with Crippen LogP contribution in [0.1, 0.15) is 31.5 Å². The molecule has 5 heteroatoms. The zero-order valence-corrected chi connectivity index (χ0v) is 10.5. The maximum absolute atomic E-state index is 11.8. The molecule has 0 aliphatic rings. The Morgan fingerprint density at radius 1 is 1.35 bits per heavy atom. The highest BCUT2D eigenvalue weighted by atomic mass is 32.1. The van der Waals surface area contributed by atoms with Gasteiger partial charge < -0.3 is 4.57 Å². The van der Waals surface area contributed by atoms with Crippen LogP contribution >= 0.6 is 11.3 Å². The molecule has 0 saturated heterocycles. The van der Waals surface area contributed by atoms with Gasteiger partial charge in [0.15, 0.2) is 11.6 Å². The molecule has 2 heterocycles. The van der Waals surface area contributed by atoms with Crippen molar-refractivity contribution in [2.45, 2.75) is 13.3 Å². The van der Waals surface area contributed by atoms with E-state index in [-0.39, 0.29) is 18.0 Å². The normalized spacial score (nSPS) is 10.5. The third kappa shape index (κ3) is 2.68. The zero-order chi connectivity index (χ0) is 12.4. The van der Waals surface area contributed by atoms with Crippen LogP contribution in [0, 0.1) is 6.92 Å². The second-order valence-electron chi connectivity index (χ2n) is 3.86. The number of nitrogens with zero attached hydrogens (tertiary/aromatic N) is 2. The van der Waals surface area contributed by atoms with Gasteiger partial charge in [0, 0.05) is 18.1 Å². The summed E-state index contributed by atoms with van der Waals surface area (Å²) in [5.41, 5.74) is 0.342. The lowest BCUT2D eigenvalue weighted by atomic mass is 10.1. The first-order chi connectivity index (χ1) is 8.06. The zero-order valence-electron chi connectivity index (χ0n) is 9.64. The topological polar surface area (TPSA) is 52.0 Å². The Morgan fingerprint density at radius 2 is 2.12 bits per heavy atom. The maximum atomic E-state index is 11.8. The van der Waals surface area contributed by atoms with Crippen molar-refractivity contribution in [2.75, 3.05) is 0 Å². The van der Waals surface area contributed by atoms with Gasteiger partial charge in [0.25, 0.3) is 0 Å². The van der Waals surface area contributed by atoms with Gasteiger partial charge in [-0.1, -0.05) is 0 Å². The number of aryl methyl sites for hydroxylation is 2. The van der Waals surface area contributed by atoms with Crippen molar-refractivity contribution >= 4 is 22.9 Å². The Labute approximate surface area is 103 Å². The standard InChI is InChI=1S/C12H12N2O2S/c1-8-3-4-12(17-8)11(16)5-10(15)9-6-14(2)7-13-9/h3-4,6-7H,5H2,1-2H3. The Hall–Kier alpha value is -1.75. The summed E-state index contributed by atoms with van der Waals surface area (Å²) in [4.78, 5) is 29.2. The maximum Gasteiger partial charge on any atom is 0.190 e. The molecule has 2 rings (SSSR count). The lowest BCUT2D eigenvalue weighted by Crippen LogP contribution is -2.07. The van der Waals surface area contributed by atoms with Crippen molar-refractivity contribution in [1.29, 1.82) is 0 Å². The van der Waals surface area contributed by atoms with Gasteiger partial charge >= 0.3 is 0 Å². The molecule has 0 aliphatic carbocycles. The van der Waals surface area contributed by atoms with E-state index in [0.29, 0.717) is 10.6 Å². The number of rotatable bonds is 4. The van der Waals surface area contributed by atoms with Crippen molar-refractivity contribution in [3.63, 3.8) is 0 Å². The Balaban J connectivity index is 2.07. The third-order valence-corrected chi connectivity index (χ3v) is 3.37. The van der Waals surface area contributed by atoms with Gasteiger partial charge in [0.2, 0.25) is 0 Å². The highest BCUT2D eigenvalue weighted by Crippen LogP contribution is 2.17. The predicted octanol–water partition coefficient (Wildman–Crippen LogP) is 2.25. The summed E-state index contributed by atoms with van der Waals surface area (Å²) in [5.74, 6) is -0.375. The lowest BCUT2D eigenvalue weighted by Gasteiger charge is -1.95. The number of hydrogen-bond acceptors (Lipinski definition) is 4. The number of aromatic nitrogens is 2. The van der Waals surface area contributed by atoms with E-state index in [1.54, 1.807) is 30.2 Å². The van der Waals surface area contributed by atoms with Gasteiger partial charge in [-0.3, -0.25) is 9.59 Å². The highest BCUT2D eigenvalue weighted by Gasteiger charge is 2.16. The molecule has 88 valence electrons. The van der Waals surface area contributed by atoms with Crippen LogP contribution in [0.5, 0.6) is 0 Å². The molecule has 0 N–H and O–H groups in total. The molecule has 0 fully saturated rings. The molecule has 0 unspecified atom stereocenters. The first-order valence-corrected chi connectivity index (χ1v) is 5.98. The summed E-state index contributed by atoms with van der Waals surface area (Å²) in [5, 5.41) is 0. The third-order valence-electron chi connectivity index (χ3n) is 2.33. The lowest BCUT2D eigenvalue weighted by molar-refractivity contribution is 0.0894. The quantitative estimate of drug-likeness (QED) is 0.616. The molecule has 0 spiro atoms. The van der Waals surface area contributed by atoms with Gasteiger partial charge in [0.05, 0.1) is 17.6 Å². The average Bonchev–Trinajstić information content (AvgIpc) is 2.87.